The van der Waals surface area contributed by atoms with Gasteiger partial charge in [-0.15, -0.1) is 0 Å². The summed E-state index contributed by atoms with van der Waals surface area (Å²) in [7, 11) is 0. The van der Waals surface area contributed by atoms with E-state index in [1.807, 2.05) is 30.3 Å². The van der Waals surface area contributed by atoms with Crippen molar-refractivity contribution in [1.82, 2.24) is 5.32 Å². The quantitative estimate of drug-likeness (QED) is 0.863. The fourth-order valence-electron chi connectivity index (χ4n) is 2.44. The van der Waals surface area contributed by atoms with E-state index in [9.17, 15) is 0 Å². The van der Waals surface area contributed by atoms with Gasteiger partial charge in [-0.3, -0.25) is 0 Å². The molecule has 0 bridgehead atoms. The molecular weight excluding hydrogens is 222 g/mol. The van der Waals surface area contributed by atoms with Gasteiger partial charge in [0.1, 0.15) is 11.5 Å². The highest BCUT2D eigenvalue weighted by molar-refractivity contribution is 5.41. The number of benzene rings is 2. The second-order valence-electron chi connectivity index (χ2n) is 4.81. The van der Waals surface area contributed by atoms with Gasteiger partial charge in [0, 0.05) is 13.1 Å². The van der Waals surface area contributed by atoms with Crippen LogP contribution in [0, 0.1) is 0 Å². The Bertz CT molecular complexity index is 536. The molecule has 0 radical (unpaired) electrons. The molecular formula is C16H17NO. The Morgan fingerprint density at radius 3 is 2.72 bits per heavy atom. The van der Waals surface area contributed by atoms with E-state index in [4.69, 9.17) is 4.74 Å². The molecule has 2 aromatic rings. The first-order chi connectivity index (χ1) is 8.83. The van der Waals surface area contributed by atoms with Gasteiger partial charge in [0.2, 0.25) is 0 Å². The summed E-state index contributed by atoms with van der Waals surface area (Å²) in [4.78, 5) is 0. The summed E-state index contributed by atoms with van der Waals surface area (Å²) in [6.07, 6.45) is 0. The maximum Gasteiger partial charge on any atom is 0.127 e. The number of hydrogen-bond acceptors (Lipinski definition) is 2. The average molecular weight is 239 g/mol. The van der Waals surface area contributed by atoms with Crippen LogP contribution in [-0.4, -0.2) is 6.54 Å². The summed E-state index contributed by atoms with van der Waals surface area (Å²) in [5.74, 6) is 2.38. The summed E-state index contributed by atoms with van der Waals surface area (Å²) >= 11 is 0. The Morgan fingerprint density at radius 1 is 1.06 bits per heavy atom. The highest BCUT2D eigenvalue weighted by atomic mass is 16.5. The number of ether oxygens (including phenoxy) is 1. The summed E-state index contributed by atoms with van der Waals surface area (Å²) in [6.45, 7) is 4.25. The van der Waals surface area contributed by atoms with Crippen LogP contribution < -0.4 is 10.1 Å². The number of fused-ring (bicyclic) bond motifs is 1. The lowest BCUT2D eigenvalue weighted by molar-refractivity contribution is 0.478. The lowest BCUT2D eigenvalue weighted by Crippen LogP contribution is -2.26. The maximum atomic E-state index is 5.85. The van der Waals surface area contributed by atoms with Crippen LogP contribution in [0.4, 0.5) is 0 Å². The van der Waals surface area contributed by atoms with E-state index in [0.29, 0.717) is 5.92 Å². The zero-order valence-electron chi connectivity index (χ0n) is 10.5. The smallest absolute Gasteiger partial charge is 0.127 e. The molecule has 1 unspecified atom stereocenters. The molecule has 1 aliphatic rings. The lowest BCUT2D eigenvalue weighted by atomic mass is 9.92. The van der Waals surface area contributed by atoms with E-state index in [1.54, 1.807) is 0 Å². The normalized spacial score (nSPS) is 18.2. The van der Waals surface area contributed by atoms with Crippen LogP contribution in [0.1, 0.15) is 24.0 Å². The van der Waals surface area contributed by atoms with Crippen molar-refractivity contribution in [2.75, 3.05) is 6.54 Å². The Kier molecular flexibility index (Phi) is 3.03. The van der Waals surface area contributed by atoms with E-state index in [1.165, 1.54) is 11.1 Å². The van der Waals surface area contributed by atoms with E-state index in [-0.39, 0.29) is 0 Å². The molecule has 0 aliphatic carbocycles. The summed E-state index contributed by atoms with van der Waals surface area (Å²) in [5.41, 5.74) is 2.79. The van der Waals surface area contributed by atoms with Crippen molar-refractivity contribution in [3.05, 3.63) is 59.7 Å². The van der Waals surface area contributed by atoms with Crippen molar-refractivity contribution in [2.45, 2.75) is 19.4 Å². The molecule has 0 fully saturated rings. The third-order valence-electron chi connectivity index (χ3n) is 3.39. The molecule has 0 spiro atoms. The fraction of sp³-hybridized carbons (Fsp3) is 0.250. The molecule has 2 nitrogen and oxygen atoms in total. The van der Waals surface area contributed by atoms with Crippen LogP contribution in [0.2, 0.25) is 0 Å². The van der Waals surface area contributed by atoms with Gasteiger partial charge in [0.25, 0.3) is 0 Å². The Hall–Kier alpha value is -1.80. The third kappa shape index (κ3) is 2.24. The van der Waals surface area contributed by atoms with Crippen LogP contribution in [0.5, 0.6) is 11.5 Å². The molecule has 2 heteroatoms. The molecule has 0 saturated heterocycles. The van der Waals surface area contributed by atoms with Crippen molar-refractivity contribution in [3.63, 3.8) is 0 Å². The number of rotatable bonds is 2. The predicted molar refractivity (Wildman–Crippen MR) is 73.1 cm³/mol. The predicted octanol–water partition coefficient (Wildman–Crippen LogP) is 3.69. The molecule has 1 N–H and O–H groups in total. The van der Waals surface area contributed by atoms with E-state index < -0.39 is 0 Å². The standard InChI is InChI=1S/C16H17NO/c1-12-10-17-11-13-9-15(7-8-16(12)13)18-14-5-3-2-4-6-14/h2-9,12,17H,10-11H2,1H3. The summed E-state index contributed by atoms with van der Waals surface area (Å²) < 4.78 is 5.85. The van der Waals surface area contributed by atoms with Crippen molar-refractivity contribution in [1.29, 1.82) is 0 Å². The topological polar surface area (TPSA) is 21.3 Å². The van der Waals surface area contributed by atoms with Crippen molar-refractivity contribution in [3.8, 4) is 11.5 Å². The van der Waals surface area contributed by atoms with Gasteiger partial charge in [-0.2, -0.15) is 0 Å². The Labute approximate surface area is 108 Å². The minimum atomic E-state index is 0.583. The molecule has 0 saturated carbocycles. The monoisotopic (exact) mass is 239 g/mol. The summed E-state index contributed by atoms with van der Waals surface area (Å²) in [5, 5.41) is 3.43. The highest BCUT2D eigenvalue weighted by Crippen LogP contribution is 2.29. The van der Waals surface area contributed by atoms with Gasteiger partial charge >= 0.3 is 0 Å². The largest absolute Gasteiger partial charge is 0.457 e. The first kappa shape index (κ1) is 11.3. The van der Waals surface area contributed by atoms with Gasteiger partial charge in [-0.25, -0.2) is 0 Å². The SMILES string of the molecule is CC1CNCc2cc(Oc3ccccc3)ccc21. The molecule has 1 heterocycles. The summed E-state index contributed by atoms with van der Waals surface area (Å²) in [6, 6.07) is 16.3. The van der Waals surface area contributed by atoms with Gasteiger partial charge in [0.05, 0.1) is 0 Å². The molecule has 2 aromatic carbocycles. The van der Waals surface area contributed by atoms with Crippen LogP contribution in [-0.2, 0) is 6.54 Å². The molecule has 0 amide bonds. The van der Waals surface area contributed by atoms with Gasteiger partial charge in [-0.05, 0) is 41.3 Å². The number of nitrogens with one attached hydrogen (secondary N) is 1. The van der Waals surface area contributed by atoms with Gasteiger partial charge in [-0.1, -0.05) is 31.2 Å². The van der Waals surface area contributed by atoms with Crippen LogP contribution in [0.25, 0.3) is 0 Å². The third-order valence-corrected chi connectivity index (χ3v) is 3.39. The Morgan fingerprint density at radius 2 is 1.89 bits per heavy atom. The highest BCUT2D eigenvalue weighted by Gasteiger charge is 2.16. The second kappa shape index (κ2) is 4.83. The van der Waals surface area contributed by atoms with Crippen LogP contribution >= 0.6 is 0 Å². The number of para-hydroxylation sites is 1. The first-order valence-corrected chi connectivity index (χ1v) is 6.39. The molecule has 1 atom stereocenters. The van der Waals surface area contributed by atoms with Crippen LogP contribution in [0.3, 0.4) is 0 Å². The minimum absolute atomic E-state index is 0.583. The zero-order chi connectivity index (χ0) is 12.4. The van der Waals surface area contributed by atoms with Crippen molar-refractivity contribution in [2.24, 2.45) is 0 Å². The van der Waals surface area contributed by atoms with Crippen LogP contribution in [0.15, 0.2) is 48.5 Å². The fourth-order valence-corrected chi connectivity index (χ4v) is 2.44. The molecule has 92 valence electrons. The molecule has 1 aliphatic heterocycles. The second-order valence-corrected chi connectivity index (χ2v) is 4.81. The lowest BCUT2D eigenvalue weighted by Gasteiger charge is -2.23. The first-order valence-electron chi connectivity index (χ1n) is 6.39. The van der Waals surface area contributed by atoms with Gasteiger partial charge < -0.3 is 10.1 Å². The van der Waals surface area contributed by atoms with E-state index in [2.05, 4.69) is 30.4 Å². The Balaban J connectivity index is 1.86. The molecule has 18 heavy (non-hydrogen) atoms. The molecule has 0 aromatic heterocycles. The van der Waals surface area contributed by atoms with E-state index in [0.717, 1.165) is 24.6 Å². The molecule has 3 rings (SSSR count). The average Bonchev–Trinajstić information content (AvgIpc) is 2.40. The van der Waals surface area contributed by atoms with E-state index >= 15 is 0 Å². The zero-order valence-corrected chi connectivity index (χ0v) is 10.5. The maximum absolute atomic E-state index is 5.85. The van der Waals surface area contributed by atoms with Crippen molar-refractivity contribution < 1.29 is 4.74 Å². The van der Waals surface area contributed by atoms with Gasteiger partial charge in [0.15, 0.2) is 0 Å². The van der Waals surface area contributed by atoms with Crippen molar-refractivity contribution >= 4 is 0 Å². The number of hydrogen-bond donors (Lipinski definition) is 1. The minimum Gasteiger partial charge on any atom is -0.457 e.